The molecule has 2 N–H and O–H groups in total. The SMILES string of the molecule is CCCC(=O)Nc1ccccc1NC(=O)CN(C)S(=O)(=O)c1ccc2ccccc2c1. The first-order chi connectivity index (χ1) is 14.8. The number of sulfonamides is 1. The third kappa shape index (κ3) is 5.48. The number of nitrogens with one attached hydrogen (secondary N) is 2. The zero-order valence-electron chi connectivity index (χ0n) is 17.5. The van der Waals surface area contributed by atoms with Gasteiger partial charge in [0.15, 0.2) is 0 Å². The van der Waals surface area contributed by atoms with Gasteiger partial charge in [-0.25, -0.2) is 8.42 Å². The third-order valence-electron chi connectivity index (χ3n) is 4.75. The van der Waals surface area contributed by atoms with E-state index in [1.165, 1.54) is 13.1 Å². The highest BCUT2D eigenvalue weighted by atomic mass is 32.2. The minimum absolute atomic E-state index is 0.119. The first-order valence-electron chi connectivity index (χ1n) is 9.95. The largest absolute Gasteiger partial charge is 0.324 e. The summed E-state index contributed by atoms with van der Waals surface area (Å²) in [5.41, 5.74) is 0.878. The molecule has 3 aromatic carbocycles. The van der Waals surface area contributed by atoms with Crippen molar-refractivity contribution in [3.63, 3.8) is 0 Å². The van der Waals surface area contributed by atoms with Gasteiger partial charge in [-0.1, -0.05) is 49.4 Å². The Bertz CT molecular complexity index is 1210. The zero-order chi connectivity index (χ0) is 22.4. The van der Waals surface area contributed by atoms with Gasteiger partial charge in [0.05, 0.1) is 22.8 Å². The molecule has 3 aromatic rings. The Morgan fingerprint density at radius 1 is 0.839 bits per heavy atom. The van der Waals surface area contributed by atoms with E-state index in [1.54, 1.807) is 36.4 Å². The first-order valence-corrected chi connectivity index (χ1v) is 11.4. The fraction of sp³-hybridized carbons (Fsp3) is 0.217. The summed E-state index contributed by atoms with van der Waals surface area (Å²) in [5.74, 6) is -0.663. The van der Waals surface area contributed by atoms with Gasteiger partial charge in [-0.15, -0.1) is 0 Å². The van der Waals surface area contributed by atoms with E-state index >= 15 is 0 Å². The molecule has 0 aliphatic rings. The molecule has 2 amide bonds. The Balaban J connectivity index is 1.72. The summed E-state index contributed by atoms with van der Waals surface area (Å²) in [6.45, 7) is 1.53. The molecule has 0 saturated carbocycles. The van der Waals surface area contributed by atoms with E-state index in [2.05, 4.69) is 10.6 Å². The van der Waals surface area contributed by atoms with E-state index in [1.807, 2.05) is 31.2 Å². The number of carbonyl (C=O) groups is 2. The van der Waals surface area contributed by atoms with Gasteiger partial charge in [0.2, 0.25) is 21.8 Å². The van der Waals surface area contributed by atoms with Crippen LogP contribution in [-0.4, -0.2) is 38.1 Å². The Morgan fingerprint density at radius 2 is 1.42 bits per heavy atom. The fourth-order valence-corrected chi connectivity index (χ4v) is 4.29. The van der Waals surface area contributed by atoms with Crippen LogP contribution in [0, 0.1) is 0 Å². The van der Waals surface area contributed by atoms with Crippen LogP contribution in [0.4, 0.5) is 11.4 Å². The number of benzene rings is 3. The van der Waals surface area contributed by atoms with Crippen LogP contribution in [0.5, 0.6) is 0 Å². The molecule has 7 nitrogen and oxygen atoms in total. The Morgan fingerprint density at radius 3 is 2.06 bits per heavy atom. The summed E-state index contributed by atoms with van der Waals surface area (Å²) in [6, 6.07) is 19.1. The third-order valence-corrected chi connectivity index (χ3v) is 6.55. The molecular formula is C23H25N3O4S. The molecular weight excluding hydrogens is 414 g/mol. The second kappa shape index (κ2) is 9.72. The molecule has 0 saturated heterocycles. The van der Waals surface area contributed by atoms with Crippen molar-refractivity contribution in [3.05, 3.63) is 66.7 Å². The van der Waals surface area contributed by atoms with Gasteiger partial charge in [0, 0.05) is 13.5 Å². The number of para-hydroxylation sites is 2. The molecule has 0 unspecified atom stereocenters. The summed E-state index contributed by atoms with van der Waals surface area (Å²) >= 11 is 0. The highest BCUT2D eigenvalue weighted by Gasteiger charge is 2.23. The molecule has 0 aliphatic heterocycles. The van der Waals surface area contributed by atoms with Crippen LogP contribution < -0.4 is 10.6 Å². The molecule has 8 heteroatoms. The lowest BCUT2D eigenvalue weighted by atomic mass is 10.1. The maximum absolute atomic E-state index is 12.9. The lowest BCUT2D eigenvalue weighted by Crippen LogP contribution is -2.35. The average molecular weight is 440 g/mol. The molecule has 0 aromatic heterocycles. The Labute approximate surface area is 182 Å². The van der Waals surface area contributed by atoms with Crippen LogP contribution in [0.15, 0.2) is 71.6 Å². The molecule has 0 radical (unpaired) electrons. The second-order valence-electron chi connectivity index (χ2n) is 7.16. The fourth-order valence-electron chi connectivity index (χ4n) is 3.13. The maximum Gasteiger partial charge on any atom is 0.243 e. The lowest BCUT2D eigenvalue weighted by Gasteiger charge is -2.18. The van der Waals surface area contributed by atoms with Gasteiger partial charge >= 0.3 is 0 Å². The van der Waals surface area contributed by atoms with Crippen LogP contribution in [0.25, 0.3) is 10.8 Å². The molecule has 31 heavy (non-hydrogen) atoms. The van der Waals surface area contributed by atoms with Crippen molar-refractivity contribution in [2.75, 3.05) is 24.2 Å². The lowest BCUT2D eigenvalue weighted by molar-refractivity contribution is -0.117. The van der Waals surface area contributed by atoms with E-state index in [0.717, 1.165) is 15.1 Å². The number of likely N-dealkylation sites (N-methyl/N-ethyl adjacent to an activating group) is 1. The number of hydrogen-bond donors (Lipinski definition) is 2. The van der Waals surface area contributed by atoms with Crippen molar-refractivity contribution in [1.29, 1.82) is 0 Å². The monoisotopic (exact) mass is 439 g/mol. The van der Waals surface area contributed by atoms with Crippen molar-refractivity contribution >= 4 is 44.0 Å². The first kappa shape index (κ1) is 22.5. The van der Waals surface area contributed by atoms with Crippen molar-refractivity contribution in [3.8, 4) is 0 Å². The molecule has 0 bridgehead atoms. The van der Waals surface area contributed by atoms with Crippen LogP contribution in [0.3, 0.4) is 0 Å². The highest BCUT2D eigenvalue weighted by Crippen LogP contribution is 2.23. The predicted molar refractivity (Wildman–Crippen MR) is 122 cm³/mol. The van der Waals surface area contributed by atoms with Crippen molar-refractivity contribution in [2.24, 2.45) is 0 Å². The van der Waals surface area contributed by atoms with Crippen LogP contribution >= 0.6 is 0 Å². The quantitative estimate of drug-likeness (QED) is 0.557. The van der Waals surface area contributed by atoms with Gasteiger partial charge in [0.1, 0.15) is 0 Å². The topological polar surface area (TPSA) is 95.6 Å². The molecule has 0 aliphatic carbocycles. The average Bonchev–Trinajstić information content (AvgIpc) is 2.74. The van der Waals surface area contributed by atoms with Crippen LogP contribution in [0.2, 0.25) is 0 Å². The number of amides is 2. The van der Waals surface area contributed by atoms with Gasteiger partial charge in [-0.2, -0.15) is 4.31 Å². The summed E-state index contributed by atoms with van der Waals surface area (Å²) < 4.78 is 26.9. The number of nitrogens with zero attached hydrogens (tertiary/aromatic N) is 1. The molecule has 0 heterocycles. The standard InChI is InChI=1S/C23H25N3O4S/c1-3-8-22(27)24-20-11-6-7-12-21(20)25-23(28)16-26(2)31(29,30)19-14-13-17-9-4-5-10-18(17)15-19/h4-7,9-15H,3,8,16H2,1-2H3,(H,24,27)(H,25,28). The van der Waals surface area contributed by atoms with Crippen LogP contribution in [-0.2, 0) is 19.6 Å². The van der Waals surface area contributed by atoms with Gasteiger partial charge in [-0.3, -0.25) is 9.59 Å². The number of fused-ring (bicyclic) bond motifs is 1. The van der Waals surface area contributed by atoms with E-state index in [-0.39, 0.29) is 17.3 Å². The van der Waals surface area contributed by atoms with Crippen molar-refractivity contribution < 1.29 is 18.0 Å². The molecule has 0 fully saturated rings. The van der Waals surface area contributed by atoms with E-state index in [4.69, 9.17) is 0 Å². The van der Waals surface area contributed by atoms with Gasteiger partial charge in [0.25, 0.3) is 0 Å². The maximum atomic E-state index is 12.9. The van der Waals surface area contributed by atoms with Crippen molar-refractivity contribution in [2.45, 2.75) is 24.7 Å². The van der Waals surface area contributed by atoms with Crippen molar-refractivity contribution in [1.82, 2.24) is 4.31 Å². The molecule has 3 rings (SSSR count). The smallest absolute Gasteiger partial charge is 0.243 e. The number of hydrogen-bond acceptors (Lipinski definition) is 4. The van der Waals surface area contributed by atoms with E-state index < -0.39 is 15.9 Å². The minimum Gasteiger partial charge on any atom is -0.324 e. The van der Waals surface area contributed by atoms with Gasteiger partial charge < -0.3 is 10.6 Å². The number of carbonyl (C=O) groups excluding carboxylic acids is 2. The molecule has 162 valence electrons. The molecule has 0 spiro atoms. The van der Waals surface area contributed by atoms with E-state index in [9.17, 15) is 18.0 Å². The van der Waals surface area contributed by atoms with E-state index in [0.29, 0.717) is 24.2 Å². The minimum atomic E-state index is -3.85. The summed E-state index contributed by atoms with van der Waals surface area (Å²) in [4.78, 5) is 24.6. The highest BCUT2D eigenvalue weighted by molar-refractivity contribution is 7.89. The zero-order valence-corrected chi connectivity index (χ0v) is 18.3. The number of anilines is 2. The Hall–Kier alpha value is -3.23. The number of rotatable bonds is 8. The second-order valence-corrected chi connectivity index (χ2v) is 9.21. The molecule has 0 atom stereocenters. The normalized spacial score (nSPS) is 11.5. The van der Waals surface area contributed by atoms with Gasteiger partial charge in [-0.05, 0) is 41.5 Å². The Kier molecular flexibility index (Phi) is 7.04. The summed E-state index contributed by atoms with van der Waals surface area (Å²) in [6.07, 6.45) is 1.08. The van der Waals surface area contributed by atoms with Crippen LogP contribution in [0.1, 0.15) is 19.8 Å². The predicted octanol–water partition coefficient (Wildman–Crippen LogP) is 3.84. The summed E-state index contributed by atoms with van der Waals surface area (Å²) in [5, 5.41) is 7.18. The summed E-state index contributed by atoms with van der Waals surface area (Å²) in [7, 11) is -2.49.